The number of nitrogens with two attached hydrogens (primary N) is 1. The zero-order chi connectivity index (χ0) is 11.3. The molecule has 7 heteroatoms. The normalized spacial score (nSPS) is 12.5. The Morgan fingerprint density at radius 3 is 3.07 bits per heavy atom. The van der Waals surface area contributed by atoms with Gasteiger partial charge in [0.15, 0.2) is 0 Å². The molecule has 1 heterocycles. The molecule has 0 aliphatic rings. The molecule has 0 bridgehead atoms. The smallest absolute Gasteiger partial charge is 0.292 e. The molecular formula is C8H14N4O2S. The standard InChI is InChI=1S/C8H14N4O2S/c1-10-7(13)6-11-8(14-12-6)5(9)3-4-15-2/h5H,3-4,9H2,1-2H3,(H,10,13). The van der Waals surface area contributed by atoms with Gasteiger partial charge < -0.3 is 15.6 Å². The zero-order valence-electron chi connectivity index (χ0n) is 8.69. The highest BCUT2D eigenvalue weighted by Crippen LogP contribution is 2.13. The van der Waals surface area contributed by atoms with Gasteiger partial charge in [0.2, 0.25) is 5.89 Å². The molecular weight excluding hydrogens is 216 g/mol. The third kappa shape index (κ3) is 3.21. The van der Waals surface area contributed by atoms with Crippen LogP contribution in [-0.4, -0.2) is 35.1 Å². The van der Waals surface area contributed by atoms with Crippen LogP contribution in [0, 0.1) is 0 Å². The van der Waals surface area contributed by atoms with E-state index in [4.69, 9.17) is 10.3 Å². The van der Waals surface area contributed by atoms with Crippen molar-refractivity contribution in [3.8, 4) is 0 Å². The number of rotatable bonds is 5. The number of nitrogens with zero attached hydrogens (tertiary/aromatic N) is 2. The molecule has 6 nitrogen and oxygen atoms in total. The maximum absolute atomic E-state index is 11.1. The number of carbonyl (C=O) groups excluding carboxylic acids is 1. The summed E-state index contributed by atoms with van der Waals surface area (Å²) < 4.78 is 4.89. The topological polar surface area (TPSA) is 94.0 Å². The number of nitrogens with one attached hydrogen (secondary N) is 1. The molecule has 0 fully saturated rings. The SMILES string of the molecule is CNC(=O)c1noc(C(N)CCSC)n1. The summed E-state index contributed by atoms with van der Waals surface area (Å²) >= 11 is 1.69. The van der Waals surface area contributed by atoms with Crippen LogP contribution < -0.4 is 11.1 Å². The first-order valence-electron chi connectivity index (χ1n) is 4.49. The van der Waals surface area contributed by atoms with Gasteiger partial charge in [-0.2, -0.15) is 16.7 Å². The van der Waals surface area contributed by atoms with Crippen molar-refractivity contribution in [2.24, 2.45) is 5.73 Å². The first-order chi connectivity index (χ1) is 7.19. The quantitative estimate of drug-likeness (QED) is 0.749. The van der Waals surface area contributed by atoms with E-state index in [2.05, 4.69) is 15.5 Å². The predicted octanol–water partition coefficient (Wildman–Crippen LogP) is 0.182. The van der Waals surface area contributed by atoms with Crippen LogP contribution in [0.25, 0.3) is 0 Å². The average molecular weight is 230 g/mol. The van der Waals surface area contributed by atoms with Crippen LogP contribution in [0.5, 0.6) is 0 Å². The summed E-state index contributed by atoms with van der Waals surface area (Å²) in [6.45, 7) is 0. The van der Waals surface area contributed by atoms with E-state index in [0.717, 1.165) is 12.2 Å². The second kappa shape index (κ2) is 5.72. The fourth-order valence-corrected chi connectivity index (χ4v) is 1.45. The number of aromatic nitrogens is 2. The Kier molecular flexibility index (Phi) is 4.57. The van der Waals surface area contributed by atoms with Crippen molar-refractivity contribution in [1.82, 2.24) is 15.5 Å². The molecule has 1 amide bonds. The maximum Gasteiger partial charge on any atom is 0.292 e. The second-order valence-corrected chi connectivity index (χ2v) is 3.91. The van der Waals surface area contributed by atoms with Crippen molar-refractivity contribution in [2.75, 3.05) is 19.1 Å². The summed E-state index contributed by atoms with van der Waals surface area (Å²) in [6, 6.07) is -0.302. The van der Waals surface area contributed by atoms with E-state index in [1.807, 2.05) is 6.26 Å². The van der Waals surface area contributed by atoms with E-state index in [1.165, 1.54) is 7.05 Å². The van der Waals surface area contributed by atoms with Gasteiger partial charge in [-0.05, 0) is 18.4 Å². The van der Waals surface area contributed by atoms with Crippen molar-refractivity contribution in [3.63, 3.8) is 0 Å². The van der Waals surface area contributed by atoms with Gasteiger partial charge in [0, 0.05) is 7.05 Å². The van der Waals surface area contributed by atoms with Gasteiger partial charge in [-0.3, -0.25) is 4.79 Å². The van der Waals surface area contributed by atoms with Gasteiger partial charge in [-0.1, -0.05) is 5.16 Å². The van der Waals surface area contributed by atoms with Crippen LogP contribution in [0.3, 0.4) is 0 Å². The molecule has 0 aromatic carbocycles. The van der Waals surface area contributed by atoms with Crippen LogP contribution in [0.15, 0.2) is 4.52 Å². The lowest BCUT2D eigenvalue weighted by atomic mass is 10.2. The molecule has 1 aromatic rings. The van der Waals surface area contributed by atoms with Gasteiger partial charge in [-0.15, -0.1) is 0 Å². The van der Waals surface area contributed by atoms with E-state index < -0.39 is 0 Å². The molecule has 3 N–H and O–H groups in total. The fraction of sp³-hybridized carbons (Fsp3) is 0.625. The van der Waals surface area contributed by atoms with E-state index >= 15 is 0 Å². The van der Waals surface area contributed by atoms with Gasteiger partial charge in [0.1, 0.15) is 0 Å². The molecule has 1 atom stereocenters. The largest absolute Gasteiger partial charge is 0.352 e. The first kappa shape index (κ1) is 12.0. The van der Waals surface area contributed by atoms with Gasteiger partial charge in [0.25, 0.3) is 11.7 Å². The van der Waals surface area contributed by atoms with E-state index in [0.29, 0.717) is 5.89 Å². The van der Waals surface area contributed by atoms with Crippen molar-refractivity contribution in [2.45, 2.75) is 12.5 Å². The Balaban J connectivity index is 2.62. The minimum atomic E-state index is -0.373. The summed E-state index contributed by atoms with van der Waals surface area (Å²) in [7, 11) is 1.51. The lowest BCUT2D eigenvalue weighted by Gasteiger charge is -2.03. The number of amides is 1. The number of thioether (sulfide) groups is 1. The molecule has 0 spiro atoms. The first-order valence-corrected chi connectivity index (χ1v) is 5.88. The zero-order valence-corrected chi connectivity index (χ0v) is 9.50. The third-order valence-electron chi connectivity index (χ3n) is 1.82. The maximum atomic E-state index is 11.1. The van der Waals surface area contributed by atoms with Crippen LogP contribution in [-0.2, 0) is 0 Å². The molecule has 84 valence electrons. The minimum absolute atomic E-state index is 0.0205. The van der Waals surface area contributed by atoms with Crippen LogP contribution in [0.1, 0.15) is 29.0 Å². The number of hydrogen-bond acceptors (Lipinski definition) is 6. The Labute approximate surface area is 92.0 Å². The van der Waals surface area contributed by atoms with Crippen LogP contribution in [0.4, 0.5) is 0 Å². The predicted molar refractivity (Wildman–Crippen MR) is 57.6 cm³/mol. The Bertz CT molecular complexity index is 328. The van der Waals surface area contributed by atoms with Crippen LogP contribution in [0.2, 0.25) is 0 Å². The fourth-order valence-electron chi connectivity index (χ4n) is 0.958. The molecule has 0 saturated heterocycles. The van der Waals surface area contributed by atoms with Gasteiger partial charge in [0.05, 0.1) is 6.04 Å². The van der Waals surface area contributed by atoms with E-state index in [-0.39, 0.29) is 17.8 Å². The lowest BCUT2D eigenvalue weighted by molar-refractivity contribution is 0.0950. The van der Waals surface area contributed by atoms with Crippen molar-refractivity contribution >= 4 is 17.7 Å². The summed E-state index contributed by atoms with van der Waals surface area (Å²) in [5.41, 5.74) is 5.79. The Hall–Kier alpha value is -1.08. The summed E-state index contributed by atoms with van der Waals surface area (Å²) in [5, 5.41) is 5.94. The van der Waals surface area contributed by atoms with E-state index in [9.17, 15) is 4.79 Å². The molecule has 0 saturated carbocycles. The molecule has 0 aliphatic carbocycles. The average Bonchev–Trinajstić information content (AvgIpc) is 2.74. The molecule has 1 rings (SSSR count). The monoisotopic (exact) mass is 230 g/mol. The Morgan fingerprint density at radius 1 is 1.73 bits per heavy atom. The second-order valence-electron chi connectivity index (χ2n) is 2.92. The van der Waals surface area contributed by atoms with Gasteiger partial charge >= 0.3 is 0 Å². The van der Waals surface area contributed by atoms with E-state index in [1.54, 1.807) is 11.8 Å². The molecule has 1 aromatic heterocycles. The number of carbonyl (C=O) groups is 1. The minimum Gasteiger partial charge on any atom is -0.352 e. The van der Waals surface area contributed by atoms with Crippen LogP contribution >= 0.6 is 11.8 Å². The lowest BCUT2D eigenvalue weighted by Crippen LogP contribution is -2.19. The highest BCUT2D eigenvalue weighted by molar-refractivity contribution is 7.98. The van der Waals surface area contributed by atoms with Gasteiger partial charge in [-0.25, -0.2) is 0 Å². The summed E-state index contributed by atoms with van der Waals surface area (Å²) in [4.78, 5) is 15.0. The van der Waals surface area contributed by atoms with Crippen molar-refractivity contribution in [3.05, 3.63) is 11.7 Å². The highest BCUT2D eigenvalue weighted by Gasteiger charge is 2.17. The Morgan fingerprint density at radius 2 is 2.47 bits per heavy atom. The third-order valence-corrected chi connectivity index (χ3v) is 2.47. The summed E-state index contributed by atoms with van der Waals surface area (Å²) in [5.74, 6) is 0.871. The number of hydrogen-bond donors (Lipinski definition) is 2. The van der Waals surface area contributed by atoms with Crippen molar-refractivity contribution in [1.29, 1.82) is 0 Å². The molecule has 1 unspecified atom stereocenters. The van der Waals surface area contributed by atoms with Crippen molar-refractivity contribution < 1.29 is 9.32 Å². The molecule has 0 aliphatic heterocycles. The summed E-state index contributed by atoms with van der Waals surface area (Å²) in [6.07, 6.45) is 2.74. The molecule has 0 radical (unpaired) electrons. The highest BCUT2D eigenvalue weighted by atomic mass is 32.2. The molecule has 15 heavy (non-hydrogen) atoms.